The maximum Gasteiger partial charge on any atom is 0.254 e. The molecule has 0 saturated heterocycles. The molecular formula is C19H17ClF2N2O4. The number of ether oxygens (including phenoxy) is 2. The average Bonchev–Trinajstić information content (AvgIpc) is 2.65. The molecule has 0 aliphatic carbocycles. The molecule has 28 heavy (non-hydrogen) atoms. The monoisotopic (exact) mass is 410 g/mol. The van der Waals surface area contributed by atoms with Gasteiger partial charge in [-0.05, 0) is 18.6 Å². The molecule has 2 N–H and O–H groups in total. The molecule has 148 valence electrons. The number of fused-ring (bicyclic) bond motifs is 1. The number of amides is 2. The van der Waals surface area contributed by atoms with Crippen LogP contribution in [0, 0.1) is 11.6 Å². The Morgan fingerprint density at radius 2 is 1.79 bits per heavy atom. The Bertz CT molecular complexity index is 908. The van der Waals surface area contributed by atoms with Crippen molar-refractivity contribution in [3.63, 3.8) is 0 Å². The molecule has 1 heterocycles. The van der Waals surface area contributed by atoms with Crippen molar-refractivity contribution in [2.45, 2.75) is 12.8 Å². The number of benzene rings is 2. The number of hydrogen-bond acceptors (Lipinski definition) is 4. The van der Waals surface area contributed by atoms with Crippen molar-refractivity contribution in [3.8, 4) is 11.5 Å². The van der Waals surface area contributed by atoms with E-state index in [1.807, 2.05) is 0 Å². The molecule has 0 unspecified atom stereocenters. The number of anilines is 1. The van der Waals surface area contributed by atoms with Crippen LogP contribution in [0.5, 0.6) is 11.5 Å². The van der Waals surface area contributed by atoms with Gasteiger partial charge in [-0.2, -0.15) is 0 Å². The molecule has 1 aliphatic heterocycles. The third-order valence-corrected chi connectivity index (χ3v) is 4.26. The third kappa shape index (κ3) is 4.89. The van der Waals surface area contributed by atoms with Crippen molar-refractivity contribution in [2.75, 3.05) is 25.1 Å². The van der Waals surface area contributed by atoms with Crippen LogP contribution >= 0.6 is 11.6 Å². The van der Waals surface area contributed by atoms with Gasteiger partial charge in [0.05, 0.1) is 16.3 Å². The molecule has 0 aromatic heterocycles. The van der Waals surface area contributed by atoms with E-state index < -0.39 is 17.5 Å². The van der Waals surface area contributed by atoms with Crippen molar-refractivity contribution in [1.29, 1.82) is 0 Å². The van der Waals surface area contributed by atoms with Crippen LogP contribution in [0.15, 0.2) is 30.3 Å². The highest BCUT2D eigenvalue weighted by Crippen LogP contribution is 2.37. The summed E-state index contributed by atoms with van der Waals surface area (Å²) in [5, 5.41) is 5.48. The highest BCUT2D eigenvalue weighted by molar-refractivity contribution is 6.34. The molecular weight excluding hydrogens is 394 g/mol. The molecule has 1 aliphatic rings. The van der Waals surface area contributed by atoms with E-state index in [0.29, 0.717) is 47.9 Å². The molecule has 0 spiro atoms. The van der Waals surface area contributed by atoms with Crippen LogP contribution in [0.2, 0.25) is 5.02 Å². The summed E-state index contributed by atoms with van der Waals surface area (Å²) in [6, 6.07) is 5.87. The first-order valence-electron chi connectivity index (χ1n) is 8.56. The molecule has 9 heteroatoms. The fraction of sp³-hybridized carbons (Fsp3) is 0.263. The number of hydrogen-bond donors (Lipinski definition) is 2. The van der Waals surface area contributed by atoms with Gasteiger partial charge in [-0.25, -0.2) is 8.78 Å². The van der Waals surface area contributed by atoms with Gasteiger partial charge in [0, 0.05) is 31.2 Å². The minimum atomic E-state index is -0.941. The second-order valence-corrected chi connectivity index (χ2v) is 6.41. The fourth-order valence-electron chi connectivity index (χ4n) is 2.59. The van der Waals surface area contributed by atoms with Gasteiger partial charge >= 0.3 is 0 Å². The van der Waals surface area contributed by atoms with Crippen LogP contribution in [-0.2, 0) is 4.79 Å². The lowest BCUT2D eigenvalue weighted by molar-refractivity contribution is -0.116. The number of carbonyl (C=O) groups is 2. The largest absolute Gasteiger partial charge is 0.486 e. The van der Waals surface area contributed by atoms with Gasteiger partial charge in [0.15, 0.2) is 11.5 Å². The Morgan fingerprint density at radius 1 is 1.07 bits per heavy atom. The fourth-order valence-corrected chi connectivity index (χ4v) is 2.79. The molecule has 2 amide bonds. The Labute approximate surface area is 164 Å². The maximum atomic E-state index is 13.5. The molecule has 2 aromatic rings. The highest BCUT2D eigenvalue weighted by Gasteiger charge is 2.16. The second kappa shape index (κ2) is 8.88. The van der Waals surface area contributed by atoms with Crippen molar-refractivity contribution in [3.05, 3.63) is 52.6 Å². The van der Waals surface area contributed by atoms with Crippen LogP contribution < -0.4 is 20.1 Å². The Balaban J connectivity index is 1.46. The lowest BCUT2D eigenvalue weighted by Crippen LogP contribution is -2.26. The van der Waals surface area contributed by atoms with Gasteiger partial charge in [-0.3, -0.25) is 9.59 Å². The molecule has 0 radical (unpaired) electrons. The molecule has 3 rings (SSSR count). The minimum absolute atomic E-state index is 0.108. The minimum Gasteiger partial charge on any atom is -0.486 e. The summed E-state index contributed by atoms with van der Waals surface area (Å²) < 4.78 is 37.3. The Morgan fingerprint density at radius 3 is 2.50 bits per heavy atom. The number of carbonyl (C=O) groups excluding carboxylic acids is 2. The smallest absolute Gasteiger partial charge is 0.254 e. The van der Waals surface area contributed by atoms with E-state index in [2.05, 4.69) is 10.6 Å². The predicted molar refractivity (Wildman–Crippen MR) is 99.0 cm³/mol. The van der Waals surface area contributed by atoms with Gasteiger partial charge in [-0.15, -0.1) is 0 Å². The van der Waals surface area contributed by atoms with E-state index in [-0.39, 0.29) is 24.4 Å². The SMILES string of the molecule is O=C(CCCNC(=O)c1ccc(F)cc1F)Nc1cc2c(cc1Cl)OCCO2. The summed E-state index contributed by atoms with van der Waals surface area (Å²) in [7, 11) is 0. The number of nitrogens with one attached hydrogen (secondary N) is 2. The maximum absolute atomic E-state index is 13.5. The average molecular weight is 411 g/mol. The van der Waals surface area contributed by atoms with Gasteiger partial charge < -0.3 is 20.1 Å². The van der Waals surface area contributed by atoms with E-state index in [0.717, 1.165) is 12.1 Å². The van der Waals surface area contributed by atoms with E-state index in [1.54, 1.807) is 12.1 Å². The highest BCUT2D eigenvalue weighted by atomic mass is 35.5. The first kappa shape index (κ1) is 19.9. The van der Waals surface area contributed by atoms with Crippen LogP contribution in [0.1, 0.15) is 23.2 Å². The summed E-state index contributed by atoms with van der Waals surface area (Å²) in [4.78, 5) is 24.0. The van der Waals surface area contributed by atoms with Crippen molar-refractivity contribution >= 4 is 29.1 Å². The van der Waals surface area contributed by atoms with Gasteiger partial charge in [0.1, 0.15) is 24.8 Å². The van der Waals surface area contributed by atoms with Crippen LogP contribution in [0.4, 0.5) is 14.5 Å². The molecule has 0 bridgehead atoms. The molecule has 0 fully saturated rings. The summed E-state index contributed by atoms with van der Waals surface area (Å²) in [6.45, 7) is 0.997. The van der Waals surface area contributed by atoms with Crippen LogP contribution in [-0.4, -0.2) is 31.6 Å². The molecule has 2 aromatic carbocycles. The zero-order chi connectivity index (χ0) is 20.1. The first-order valence-corrected chi connectivity index (χ1v) is 8.94. The van der Waals surface area contributed by atoms with Crippen LogP contribution in [0.3, 0.4) is 0 Å². The van der Waals surface area contributed by atoms with E-state index in [4.69, 9.17) is 21.1 Å². The summed E-state index contributed by atoms with van der Waals surface area (Å²) >= 11 is 6.13. The van der Waals surface area contributed by atoms with E-state index in [9.17, 15) is 18.4 Å². The van der Waals surface area contributed by atoms with Crippen molar-refractivity contribution < 1.29 is 27.8 Å². The third-order valence-electron chi connectivity index (χ3n) is 3.95. The van der Waals surface area contributed by atoms with Crippen LogP contribution in [0.25, 0.3) is 0 Å². The number of rotatable bonds is 6. The van der Waals surface area contributed by atoms with Crippen molar-refractivity contribution in [2.24, 2.45) is 0 Å². The zero-order valence-electron chi connectivity index (χ0n) is 14.7. The Kier molecular flexibility index (Phi) is 6.30. The van der Waals surface area contributed by atoms with Gasteiger partial charge in [0.2, 0.25) is 5.91 Å². The van der Waals surface area contributed by atoms with Crippen molar-refractivity contribution in [1.82, 2.24) is 5.32 Å². The lowest BCUT2D eigenvalue weighted by atomic mass is 10.2. The molecule has 0 atom stereocenters. The summed E-state index contributed by atoms with van der Waals surface area (Å²) in [5.74, 6) is -1.66. The van der Waals surface area contributed by atoms with E-state index in [1.165, 1.54) is 0 Å². The topological polar surface area (TPSA) is 76.7 Å². The normalized spacial score (nSPS) is 12.4. The standard InChI is InChI=1S/C19H17ClF2N2O4/c20-13-9-16-17(28-7-6-27-16)10-15(13)24-18(25)2-1-5-23-19(26)12-4-3-11(21)8-14(12)22/h3-4,8-10H,1-2,5-7H2,(H,23,26)(H,24,25). The number of halogens is 3. The predicted octanol–water partition coefficient (Wildman–Crippen LogP) is 3.54. The quantitative estimate of drug-likeness (QED) is 0.714. The first-order chi connectivity index (χ1) is 13.4. The van der Waals surface area contributed by atoms with Gasteiger partial charge in [0.25, 0.3) is 5.91 Å². The molecule has 6 nitrogen and oxygen atoms in total. The second-order valence-electron chi connectivity index (χ2n) is 6.01. The zero-order valence-corrected chi connectivity index (χ0v) is 15.4. The Hall–Kier alpha value is -2.87. The molecule has 0 saturated carbocycles. The summed E-state index contributed by atoms with van der Waals surface area (Å²) in [5.41, 5.74) is 0.141. The lowest BCUT2D eigenvalue weighted by Gasteiger charge is -2.20. The van der Waals surface area contributed by atoms with E-state index >= 15 is 0 Å². The summed E-state index contributed by atoms with van der Waals surface area (Å²) in [6.07, 6.45) is 0.430. The van der Waals surface area contributed by atoms with Gasteiger partial charge in [-0.1, -0.05) is 11.6 Å².